The van der Waals surface area contributed by atoms with E-state index in [0.717, 1.165) is 84.5 Å². The van der Waals surface area contributed by atoms with Gasteiger partial charge in [0.1, 0.15) is 0 Å². The lowest BCUT2D eigenvalue weighted by Crippen LogP contribution is -2.55. The van der Waals surface area contributed by atoms with Gasteiger partial charge >= 0.3 is 0 Å². The van der Waals surface area contributed by atoms with E-state index in [1.165, 1.54) is 0 Å². The summed E-state index contributed by atoms with van der Waals surface area (Å²) in [5.74, 6) is 2.10. The number of halogens is 1. The number of nitrogens with zero attached hydrogens (tertiary/aromatic N) is 3. The van der Waals surface area contributed by atoms with E-state index < -0.39 is 0 Å². The van der Waals surface area contributed by atoms with Crippen molar-refractivity contribution in [2.24, 2.45) is 16.8 Å². The third kappa shape index (κ3) is 9.56. The van der Waals surface area contributed by atoms with Gasteiger partial charge in [0.15, 0.2) is 5.96 Å². The standard InChI is InChI=1S/C20H41N5O2.HI/c1-17(2)19(25-10-8-24(4)9-11-25)14-23-20(21-3)22-7-5-12-26-15-18-6-13-27-16-18;/h17-19H,5-16H2,1-4H3,(H2,21,22,23);1H. The monoisotopic (exact) mass is 511 g/mol. The van der Waals surface area contributed by atoms with Gasteiger partial charge in [-0.1, -0.05) is 13.8 Å². The Morgan fingerprint density at radius 2 is 1.96 bits per heavy atom. The van der Waals surface area contributed by atoms with Gasteiger partial charge in [-0.3, -0.25) is 9.89 Å². The van der Waals surface area contributed by atoms with Crippen LogP contribution < -0.4 is 10.6 Å². The second-order valence-electron chi connectivity index (χ2n) is 8.19. The molecule has 0 aromatic rings. The summed E-state index contributed by atoms with van der Waals surface area (Å²) in [6.07, 6.45) is 2.12. The Morgan fingerprint density at radius 1 is 1.21 bits per heavy atom. The number of nitrogens with one attached hydrogen (secondary N) is 2. The minimum atomic E-state index is 0. The lowest BCUT2D eigenvalue weighted by molar-refractivity contribution is 0.0884. The van der Waals surface area contributed by atoms with Crippen LogP contribution in [0.2, 0.25) is 0 Å². The summed E-state index contributed by atoms with van der Waals surface area (Å²) >= 11 is 0. The van der Waals surface area contributed by atoms with Crippen molar-refractivity contribution in [2.45, 2.75) is 32.7 Å². The molecule has 0 aromatic heterocycles. The topological polar surface area (TPSA) is 61.4 Å². The highest BCUT2D eigenvalue weighted by Crippen LogP contribution is 2.13. The Morgan fingerprint density at radius 3 is 2.57 bits per heavy atom. The van der Waals surface area contributed by atoms with Crippen molar-refractivity contribution in [1.82, 2.24) is 20.4 Å². The molecule has 2 saturated heterocycles. The smallest absolute Gasteiger partial charge is 0.191 e. The van der Waals surface area contributed by atoms with Gasteiger partial charge in [0.2, 0.25) is 0 Å². The SMILES string of the molecule is CN=C(NCCCOCC1CCOC1)NCC(C(C)C)N1CCN(C)CC1.I. The van der Waals surface area contributed by atoms with Crippen molar-refractivity contribution < 1.29 is 9.47 Å². The fraction of sp³-hybridized carbons (Fsp3) is 0.950. The molecule has 0 saturated carbocycles. The number of hydrogen-bond donors (Lipinski definition) is 2. The van der Waals surface area contributed by atoms with Gasteiger partial charge in [-0.25, -0.2) is 0 Å². The quantitative estimate of drug-likeness (QED) is 0.201. The number of aliphatic imine (C=N–C) groups is 1. The van der Waals surface area contributed by atoms with Crippen molar-refractivity contribution in [3.8, 4) is 0 Å². The molecule has 28 heavy (non-hydrogen) atoms. The van der Waals surface area contributed by atoms with Crippen LogP contribution in [0.15, 0.2) is 4.99 Å². The fourth-order valence-corrected chi connectivity index (χ4v) is 3.71. The van der Waals surface area contributed by atoms with Crippen molar-refractivity contribution in [3.63, 3.8) is 0 Å². The third-order valence-electron chi connectivity index (χ3n) is 5.61. The molecule has 2 heterocycles. The summed E-state index contributed by atoms with van der Waals surface area (Å²) in [7, 11) is 4.04. The Bertz CT molecular complexity index is 425. The molecule has 2 N–H and O–H groups in total. The predicted molar refractivity (Wildman–Crippen MR) is 127 cm³/mol. The van der Waals surface area contributed by atoms with E-state index in [-0.39, 0.29) is 24.0 Å². The minimum absolute atomic E-state index is 0. The van der Waals surface area contributed by atoms with Crippen molar-refractivity contribution >= 4 is 29.9 Å². The zero-order chi connectivity index (χ0) is 19.5. The van der Waals surface area contributed by atoms with Crippen LogP contribution in [-0.2, 0) is 9.47 Å². The first-order valence-electron chi connectivity index (χ1n) is 10.6. The first-order chi connectivity index (χ1) is 13.1. The highest BCUT2D eigenvalue weighted by Gasteiger charge is 2.25. The normalized spacial score (nSPS) is 22.9. The molecule has 0 aliphatic carbocycles. The van der Waals surface area contributed by atoms with Crippen LogP contribution in [0.1, 0.15) is 26.7 Å². The molecule has 2 rings (SSSR count). The maximum Gasteiger partial charge on any atom is 0.191 e. The Kier molecular flexibility index (Phi) is 13.6. The van der Waals surface area contributed by atoms with Crippen molar-refractivity contribution in [1.29, 1.82) is 0 Å². The van der Waals surface area contributed by atoms with E-state index in [9.17, 15) is 0 Å². The lowest BCUT2D eigenvalue weighted by Gasteiger charge is -2.40. The zero-order valence-electron chi connectivity index (χ0n) is 18.3. The molecular weight excluding hydrogens is 469 g/mol. The highest BCUT2D eigenvalue weighted by molar-refractivity contribution is 14.0. The van der Waals surface area contributed by atoms with E-state index >= 15 is 0 Å². The Labute approximate surface area is 189 Å². The number of likely N-dealkylation sites (N-methyl/N-ethyl adjacent to an activating group) is 1. The minimum Gasteiger partial charge on any atom is -0.381 e. The van der Waals surface area contributed by atoms with Gasteiger partial charge in [-0.2, -0.15) is 0 Å². The molecule has 2 unspecified atom stereocenters. The predicted octanol–water partition coefficient (Wildman–Crippen LogP) is 1.48. The second-order valence-corrected chi connectivity index (χ2v) is 8.19. The summed E-state index contributed by atoms with van der Waals surface area (Å²) in [6.45, 7) is 14.4. The zero-order valence-corrected chi connectivity index (χ0v) is 20.6. The van der Waals surface area contributed by atoms with Gasteiger partial charge in [0, 0.05) is 71.5 Å². The van der Waals surface area contributed by atoms with E-state index in [1.54, 1.807) is 0 Å². The number of hydrogen-bond acceptors (Lipinski definition) is 5. The van der Waals surface area contributed by atoms with Crippen LogP contribution >= 0.6 is 24.0 Å². The fourth-order valence-electron chi connectivity index (χ4n) is 3.71. The van der Waals surface area contributed by atoms with Gasteiger partial charge < -0.3 is 25.0 Å². The van der Waals surface area contributed by atoms with Crippen LogP contribution in [0.4, 0.5) is 0 Å². The number of ether oxygens (including phenoxy) is 2. The summed E-state index contributed by atoms with van der Waals surface area (Å²) in [5, 5.41) is 6.93. The molecule has 0 spiro atoms. The maximum absolute atomic E-state index is 5.76. The maximum atomic E-state index is 5.76. The average Bonchev–Trinajstić information content (AvgIpc) is 3.17. The molecule has 2 aliphatic rings. The van der Waals surface area contributed by atoms with Crippen LogP contribution in [0.25, 0.3) is 0 Å². The first-order valence-corrected chi connectivity index (χ1v) is 10.6. The van der Waals surface area contributed by atoms with E-state index in [0.29, 0.717) is 17.9 Å². The van der Waals surface area contributed by atoms with Crippen LogP contribution in [0.3, 0.4) is 0 Å². The molecule has 8 heteroatoms. The second kappa shape index (κ2) is 14.8. The van der Waals surface area contributed by atoms with Crippen LogP contribution in [0, 0.1) is 11.8 Å². The molecular formula is C20H42IN5O2. The summed E-state index contributed by atoms with van der Waals surface area (Å²) < 4.78 is 11.1. The number of piperazine rings is 1. The number of guanidine groups is 1. The average molecular weight is 511 g/mol. The summed E-state index contributed by atoms with van der Waals surface area (Å²) in [4.78, 5) is 9.39. The van der Waals surface area contributed by atoms with E-state index in [1.807, 2.05) is 7.05 Å². The summed E-state index contributed by atoms with van der Waals surface area (Å²) in [5.41, 5.74) is 0. The van der Waals surface area contributed by atoms with E-state index in [4.69, 9.17) is 9.47 Å². The van der Waals surface area contributed by atoms with Crippen LogP contribution in [0.5, 0.6) is 0 Å². The lowest BCUT2D eigenvalue weighted by atomic mass is 10.0. The van der Waals surface area contributed by atoms with Gasteiger partial charge in [0.25, 0.3) is 0 Å². The number of rotatable bonds is 10. The van der Waals surface area contributed by atoms with E-state index in [2.05, 4.69) is 46.3 Å². The van der Waals surface area contributed by atoms with Gasteiger partial charge in [0.05, 0.1) is 13.2 Å². The Hall–Kier alpha value is -0.160. The van der Waals surface area contributed by atoms with Crippen LogP contribution in [-0.4, -0.2) is 102 Å². The highest BCUT2D eigenvalue weighted by atomic mass is 127. The molecule has 0 bridgehead atoms. The molecule has 0 radical (unpaired) electrons. The van der Waals surface area contributed by atoms with Crippen molar-refractivity contribution in [2.75, 3.05) is 79.8 Å². The molecule has 166 valence electrons. The molecule has 2 aliphatic heterocycles. The largest absolute Gasteiger partial charge is 0.381 e. The first kappa shape index (κ1) is 25.9. The molecule has 0 amide bonds. The van der Waals surface area contributed by atoms with Crippen molar-refractivity contribution in [3.05, 3.63) is 0 Å². The Balaban J connectivity index is 0.00000392. The third-order valence-corrected chi connectivity index (χ3v) is 5.61. The van der Waals surface area contributed by atoms with Gasteiger partial charge in [-0.05, 0) is 25.8 Å². The summed E-state index contributed by atoms with van der Waals surface area (Å²) in [6, 6.07) is 0.536. The molecule has 0 aromatic carbocycles. The molecule has 2 atom stereocenters. The van der Waals surface area contributed by atoms with Gasteiger partial charge in [-0.15, -0.1) is 24.0 Å². The molecule has 2 fully saturated rings. The molecule has 7 nitrogen and oxygen atoms in total.